The Labute approximate surface area is 227 Å². The van der Waals surface area contributed by atoms with Crippen LogP contribution in [-0.4, -0.2) is 50.6 Å². The normalized spacial score (nSPS) is 19.9. The number of amides is 2. The summed E-state index contributed by atoms with van der Waals surface area (Å²) in [6.07, 6.45) is 7.25. The van der Waals surface area contributed by atoms with E-state index in [0.29, 0.717) is 17.8 Å². The lowest BCUT2D eigenvalue weighted by Crippen LogP contribution is -2.53. The molecule has 1 aromatic carbocycles. The largest absolute Gasteiger partial charge is 0.351 e. The number of nitrogens with zero attached hydrogens (tertiary/aromatic N) is 4. The summed E-state index contributed by atoms with van der Waals surface area (Å²) in [6, 6.07) is 10.3. The molecule has 0 radical (unpaired) electrons. The van der Waals surface area contributed by atoms with Crippen LogP contribution in [0, 0.1) is 18.8 Å². The summed E-state index contributed by atoms with van der Waals surface area (Å²) in [5, 5.41) is 8.38. The van der Waals surface area contributed by atoms with Crippen molar-refractivity contribution in [3.8, 4) is 11.3 Å². The number of pyridine rings is 1. The van der Waals surface area contributed by atoms with E-state index in [1.54, 1.807) is 6.20 Å². The van der Waals surface area contributed by atoms with Gasteiger partial charge in [0.15, 0.2) is 5.65 Å². The molecule has 204 valence electrons. The van der Waals surface area contributed by atoms with E-state index in [0.717, 1.165) is 48.0 Å². The molecule has 7 heteroatoms. The van der Waals surface area contributed by atoms with E-state index in [4.69, 9.17) is 4.98 Å². The highest BCUT2D eigenvalue weighted by atomic mass is 16.2. The molecule has 1 aliphatic heterocycles. The van der Waals surface area contributed by atoms with Crippen molar-refractivity contribution in [1.29, 1.82) is 0 Å². The molecule has 1 saturated heterocycles. The van der Waals surface area contributed by atoms with Crippen LogP contribution in [0.4, 0.5) is 0 Å². The van der Waals surface area contributed by atoms with E-state index in [1.165, 1.54) is 12.8 Å². The maximum Gasteiger partial charge on any atom is 0.252 e. The number of benzene rings is 1. The molecule has 3 heterocycles. The summed E-state index contributed by atoms with van der Waals surface area (Å²) in [4.78, 5) is 34.1. The van der Waals surface area contributed by atoms with Gasteiger partial charge in [0, 0.05) is 30.7 Å². The van der Waals surface area contributed by atoms with Crippen LogP contribution in [0.25, 0.3) is 22.3 Å². The van der Waals surface area contributed by atoms with Gasteiger partial charge < -0.3 is 10.2 Å². The Morgan fingerprint density at radius 1 is 1.16 bits per heavy atom. The SMILES string of the molecule is CCCCCCN1C(=O)C(CNC(=O)c2cc(-c3ccccc3C)nc3c2cnn3C(C)C)C(C)CC1C. The van der Waals surface area contributed by atoms with Crippen molar-refractivity contribution in [1.82, 2.24) is 25.0 Å². The average molecular weight is 518 g/mol. The number of hydrogen-bond acceptors (Lipinski definition) is 4. The van der Waals surface area contributed by atoms with E-state index < -0.39 is 0 Å². The molecule has 3 atom stereocenters. The summed E-state index contributed by atoms with van der Waals surface area (Å²) >= 11 is 0. The maximum atomic E-state index is 13.7. The number of carbonyl (C=O) groups is 2. The first-order valence-electron chi connectivity index (χ1n) is 14.3. The van der Waals surface area contributed by atoms with Crippen molar-refractivity contribution in [3.63, 3.8) is 0 Å². The Balaban J connectivity index is 1.58. The van der Waals surface area contributed by atoms with Crippen molar-refractivity contribution in [2.75, 3.05) is 13.1 Å². The predicted molar refractivity (Wildman–Crippen MR) is 153 cm³/mol. The maximum absolute atomic E-state index is 13.7. The second-order valence-corrected chi connectivity index (χ2v) is 11.3. The zero-order valence-electron chi connectivity index (χ0n) is 23.8. The highest BCUT2D eigenvalue weighted by molar-refractivity contribution is 6.06. The van der Waals surface area contributed by atoms with E-state index in [1.807, 2.05) is 46.8 Å². The minimum Gasteiger partial charge on any atom is -0.351 e. The molecule has 1 aliphatic rings. The van der Waals surface area contributed by atoms with Crippen LogP contribution in [-0.2, 0) is 4.79 Å². The number of aryl methyl sites for hydroxylation is 1. The van der Waals surface area contributed by atoms with Gasteiger partial charge in [0.05, 0.1) is 28.8 Å². The molecule has 7 nitrogen and oxygen atoms in total. The lowest BCUT2D eigenvalue weighted by atomic mass is 9.82. The molecular weight excluding hydrogens is 474 g/mol. The van der Waals surface area contributed by atoms with Crippen LogP contribution in [0.1, 0.15) is 88.7 Å². The summed E-state index contributed by atoms with van der Waals surface area (Å²) < 4.78 is 1.86. The van der Waals surface area contributed by atoms with Gasteiger partial charge in [-0.3, -0.25) is 9.59 Å². The lowest BCUT2D eigenvalue weighted by Gasteiger charge is -2.41. The number of aromatic nitrogens is 3. The first-order valence-corrected chi connectivity index (χ1v) is 14.3. The third-order valence-corrected chi connectivity index (χ3v) is 7.99. The highest BCUT2D eigenvalue weighted by Gasteiger charge is 2.37. The summed E-state index contributed by atoms with van der Waals surface area (Å²) in [7, 11) is 0. The molecule has 4 rings (SSSR count). The Hall–Kier alpha value is -3.22. The van der Waals surface area contributed by atoms with E-state index >= 15 is 0 Å². The van der Waals surface area contributed by atoms with Crippen LogP contribution < -0.4 is 5.32 Å². The lowest BCUT2D eigenvalue weighted by molar-refractivity contribution is -0.144. The Morgan fingerprint density at radius 2 is 1.92 bits per heavy atom. The van der Waals surface area contributed by atoms with Crippen molar-refractivity contribution in [2.45, 2.75) is 85.7 Å². The average Bonchev–Trinajstić information content (AvgIpc) is 3.32. The topological polar surface area (TPSA) is 80.1 Å². The van der Waals surface area contributed by atoms with Crippen LogP contribution in [0.5, 0.6) is 0 Å². The number of fused-ring (bicyclic) bond motifs is 1. The molecular formula is C31H43N5O2. The number of likely N-dealkylation sites (tertiary alicyclic amines) is 1. The summed E-state index contributed by atoms with van der Waals surface area (Å²) in [6.45, 7) is 13.8. The number of carbonyl (C=O) groups excluding carboxylic acids is 2. The fourth-order valence-corrected chi connectivity index (χ4v) is 5.71. The molecule has 38 heavy (non-hydrogen) atoms. The highest BCUT2D eigenvalue weighted by Crippen LogP contribution is 2.30. The fourth-order valence-electron chi connectivity index (χ4n) is 5.71. The van der Waals surface area contributed by atoms with Crippen LogP contribution in [0.3, 0.4) is 0 Å². The van der Waals surface area contributed by atoms with Gasteiger partial charge in [-0.05, 0) is 58.1 Å². The second-order valence-electron chi connectivity index (χ2n) is 11.3. The number of unbranched alkanes of at least 4 members (excludes halogenated alkanes) is 3. The fraction of sp³-hybridized carbons (Fsp3) is 0.548. The zero-order valence-corrected chi connectivity index (χ0v) is 23.8. The van der Waals surface area contributed by atoms with Gasteiger partial charge in [-0.1, -0.05) is 57.4 Å². The smallest absolute Gasteiger partial charge is 0.252 e. The molecule has 0 spiro atoms. The van der Waals surface area contributed by atoms with Crippen LogP contribution >= 0.6 is 0 Å². The van der Waals surface area contributed by atoms with Crippen molar-refractivity contribution in [3.05, 3.63) is 47.7 Å². The first-order chi connectivity index (χ1) is 18.2. The zero-order chi connectivity index (χ0) is 27.4. The predicted octanol–water partition coefficient (Wildman–Crippen LogP) is 6.17. The molecule has 0 aliphatic carbocycles. The van der Waals surface area contributed by atoms with Gasteiger partial charge >= 0.3 is 0 Å². The molecule has 3 aromatic rings. The quantitative estimate of drug-likeness (QED) is 0.326. The third kappa shape index (κ3) is 5.77. The van der Waals surface area contributed by atoms with Gasteiger partial charge in [0.1, 0.15) is 0 Å². The second kappa shape index (κ2) is 12.1. The summed E-state index contributed by atoms with van der Waals surface area (Å²) in [5.41, 5.74) is 4.07. The van der Waals surface area contributed by atoms with Gasteiger partial charge in [-0.15, -0.1) is 0 Å². The monoisotopic (exact) mass is 517 g/mol. The molecule has 3 unspecified atom stereocenters. The van der Waals surface area contributed by atoms with Gasteiger partial charge in [0.25, 0.3) is 5.91 Å². The minimum atomic E-state index is -0.215. The molecule has 2 aromatic heterocycles. The van der Waals surface area contributed by atoms with Crippen molar-refractivity contribution >= 4 is 22.8 Å². The number of hydrogen-bond donors (Lipinski definition) is 1. The molecule has 1 N–H and O–H groups in total. The Bertz CT molecular complexity index is 1280. The van der Waals surface area contributed by atoms with Gasteiger partial charge in [0.2, 0.25) is 5.91 Å². The number of piperidine rings is 1. The third-order valence-electron chi connectivity index (χ3n) is 7.99. The molecule has 0 bridgehead atoms. The van der Waals surface area contributed by atoms with Crippen LogP contribution in [0.2, 0.25) is 0 Å². The first kappa shape index (κ1) is 27.8. The van der Waals surface area contributed by atoms with E-state index in [-0.39, 0.29) is 35.7 Å². The van der Waals surface area contributed by atoms with Gasteiger partial charge in [-0.25, -0.2) is 9.67 Å². The van der Waals surface area contributed by atoms with E-state index in [2.05, 4.69) is 45.0 Å². The van der Waals surface area contributed by atoms with Crippen LogP contribution in [0.15, 0.2) is 36.5 Å². The summed E-state index contributed by atoms with van der Waals surface area (Å²) in [5.74, 6) is -0.0222. The molecule has 0 saturated carbocycles. The molecule has 2 amide bonds. The number of rotatable bonds is 10. The number of nitrogens with one attached hydrogen (secondary N) is 1. The van der Waals surface area contributed by atoms with Crippen molar-refractivity contribution in [2.24, 2.45) is 11.8 Å². The van der Waals surface area contributed by atoms with Crippen molar-refractivity contribution < 1.29 is 9.59 Å². The van der Waals surface area contributed by atoms with Gasteiger partial charge in [-0.2, -0.15) is 5.10 Å². The Kier molecular flexibility index (Phi) is 8.85. The molecule has 1 fully saturated rings. The Morgan fingerprint density at radius 3 is 2.63 bits per heavy atom. The standard InChI is InChI=1S/C31H43N5O2/c1-7-8-9-12-15-35-23(6)16-22(5)26(31(35)38)18-32-30(37)25-17-28(24-14-11-10-13-21(24)4)34-29-27(25)19-33-36(29)20(2)3/h10-11,13-14,17,19-20,22-23,26H,7-9,12,15-16,18H2,1-6H3,(H,32,37). The van der Waals surface area contributed by atoms with E-state index in [9.17, 15) is 9.59 Å². The minimum absolute atomic E-state index is 0.106.